The first kappa shape index (κ1) is 15.2. The van der Waals surface area contributed by atoms with Gasteiger partial charge in [-0.15, -0.1) is 0 Å². The van der Waals surface area contributed by atoms with E-state index in [1.165, 1.54) is 0 Å². The molecule has 0 saturated heterocycles. The molecule has 0 fully saturated rings. The Balaban J connectivity index is 0.000000861. The van der Waals surface area contributed by atoms with Crippen LogP contribution in [0.3, 0.4) is 0 Å². The molecule has 1 aliphatic rings. The third-order valence-corrected chi connectivity index (χ3v) is 2.73. The molecule has 102 valence electrons. The van der Waals surface area contributed by atoms with Crippen molar-refractivity contribution in [2.45, 2.75) is 40.5 Å². The van der Waals surface area contributed by atoms with Crippen molar-refractivity contribution in [3.05, 3.63) is 35.5 Å². The zero-order valence-corrected chi connectivity index (χ0v) is 12.2. The number of benzene rings is 1. The van der Waals surface area contributed by atoms with Crippen molar-refractivity contribution in [2.75, 3.05) is 5.32 Å². The first-order chi connectivity index (χ1) is 9.22. The Morgan fingerprint density at radius 3 is 2.58 bits per heavy atom. The molecule has 0 atom stereocenters. The quantitative estimate of drug-likeness (QED) is 0.868. The van der Waals surface area contributed by atoms with Crippen LogP contribution in [0.1, 0.15) is 40.5 Å². The average molecular weight is 258 g/mol. The van der Waals surface area contributed by atoms with Gasteiger partial charge in [-0.2, -0.15) is 0 Å². The number of para-hydroxylation sites is 2. The van der Waals surface area contributed by atoms with Crippen molar-refractivity contribution in [2.24, 2.45) is 4.99 Å². The normalized spacial score (nSPS) is 12.8. The molecule has 3 heteroatoms. The molecule has 0 radical (unpaired) electrons. The van der Waals surface area contributed by atoms with E-state index in [1.807, 2.05) is 38.1 Å². The van der Waals surface area contributed by atoms with Crippen LogP contribution in [0, 0.1) is 0 Å². The number of carbonyl (C=O) groups is 1. The lowest BCUT2D eigenvalue weighted by Gasteiger charge is -2.11. The van der Waals surface area contributed by atoms with Gasteiger partial charge >= 0.3 is 0 Å². The van der Waals surface area contributed by atoms with Gasteiger partial charge in [-0.1, -0.05) is 39.3 Å². The first-order valence-electron chi connectivity index (χ1n) is 6.86. The molecular weight excluding hydrogens is 236 g/mol. The Morgan fingerprint density at radius 1 is 1.26 bits per heavy atom. The summed E-state index contributed by atoms with van der Waals surface area (Å²) in [5.41, 5.74) is 3.48. The average Bonchev–Trinajstić information content (AvgIpc) is 2.60. The summed E-state index contributed by atoms with van der Waals surface area (Å²) in [4.78, 5) is 16.0. The fourth-order valence-electron chi connectivity index (χ4n) is 1.88. The van der Waals surface area contributed by atoms with E-state index in [4.69, 9.17) is 0 Å². The molecule has 3 nitrogen and oxygen atoms in total. The summed E-state index contributed by atoms with van der Waals surface area (Å²) >= 11 is 0. The predicted octanol–water partition coefficient (Wildman–Crippen LogP) is 4.48. The number of carbonyl (C=O) groups excluding carboxylic acids is 1. The van der Waals surface area contributed by atoms with E-state index in [-0.39, 0.29) is 5.78 Å². The fourth-order valence-corrected chi connectivity index (χ4v) is 1.88. The number of Topliss-reactive ketones (excluding diaryl/α,β-unsaturated/α-hetero) is 1. The summed E-state index contributed by atoms with van der Waals surface area (Å²) in [5, 5.41) is 3.33. The highest BCUT2D eigenvalue weighted by Crippen LogP contribution is 2.29. The molecule has 1 N–H and O–H groups in total. The Bertz CT molecular complexity index is 501. The Labute approximate surface area is 115 Å². The SMILES string of the molecule is CC.CCCC1=C(C(C)=O)C=Nc2ccccc2N1. The van der Waals surface area contributed by atoms with Gasteiger partial charge in [0.25, 0.3) is 0 Å². The Hall–Kier alpha value is -1.90. The van der Waals surface area contributed by atoms with Crippen LogP contribution in [0.2, 0.25) is 0 Å². The predicted molar refractivity (Wildman–Crippen MR) is 82.2 cm³/mol. The van der Waals surface area contributed by atoms with Gasteiger partial charge in [-0.25, -0.2) is 0 Å². The van der Waals surface area contributed by atoms with E-state index in [2.05, 4.69) is 17.2 Å². The summed E-state index contributed by atoms with van der Waals surface area (Å²) in [6.07, 6.45) is 3.52. The smallest absolute Gasteiger partial charge is 0.163 e. The van der Waals surface area contributed by atoms with Gasteiger partial charge < -0.3 is 5.32 Å². The van der Waals surface area contributed by atoms with Crippen molar-refractivity contribution in [1.29, 1.82) is 0 Å². The Morgan fingerprint density at radius 2 is 1.95 bits per heavy atom. The maximum absolute atomic E-state index is 11.6. The first-order valence-corrected chi connectivity index (χ1v) is 6.86. The number of fused-ring (bicyclic) bond motifs is 1. The zero-order chi connectivity index (χ0) is 14.3. The minimum Gasteiger partial charge on any atom is -0.356 e. The highest BCUT2D eigenvalue weighted by molar-refractivity contribution is 6.14. The minimum atomic E-state index is 0.0532. The Kier molecular flexibility index (Phi) is 6.00. The van der Waals surface area contributed by atoms with Gasteiger partial charge in [0.05, 0.1) is 16.9 Å². The third kappa shape index (κ3) is 3.78. The third-order valence-electron chi connectivity index (χ3n) is 2.73. The van der Waals surface area contributed by atoms with Crippen LogP contribution >= 0.6 is 0 Å². The molecule has 1 heterocycles. The lowest BCUT2D eigenvalue weighted by molar-refractivity contribution is -0.113. The summed E-state index contributed by atoms with van der Waals surface area (Å²) in [6, 6.07) is 7.82. The number of hydrogen-bond acceptors (Lipinski definition) is 3. The van der Waals surface area contributed by atoms with Crippen LogP contribution in [0.15, 0.2) is 40.5 Å². The van der Waals surface area contributed by atoms with Gasteiger partial charge in [-0.3, -0.25) is 9.79 Å². The molecule has 0 saturated carbocycles. The second kappa shape index (κ2) is 7.52. The molecular formula is C16H22N2O. The fraction of sp³-hybridized carbons (Fsp3) is 0.375. The highest BCUT2D eigenvalue weighted by Gasteiger charge is 2.14. The van der Waals surface area contributed by atoms with Gasteiger partial charge in [0, 0.05) is 11.9 Å². The van der Waals surface area contributed by atoms with Crippen molar-refractivity contribution in [3.63, 3.8) is 0 Å². The summed E-state index contributed by atoms with van der Waals surface area (Å²) < 4.78 is 0. The molecule has 2 rings (SSSR count). The number of rotatable bonds is 3. The second-order valence-electron chi connectivity index (χ2n) is 4.10. The van der Waals surface area contributed by atoms with Gasteiger partial charge in [0.1, 0.15) is 0 Å². The van der Waals surface area contributed by atoms with Crippen LogP contribution in [0.5, 0.6) is 0 Å². The number of anilines is 1. The second-order valence-corrected chi connectivity index (χ2v) is 4.10. The molecule has 0 aromatic heterocycles. The maximum Gasteiger partial charge on any atom is 0.163 e. The standard InChI is InChI=1S/C14H16N2O.C2H6/c1-3-6-12-11(10(2)17)9-15-13-7-4-5-8-14(13)16-12;1-2/h4-5,7-9,16H,3,6H2,1-2H3;1-2H3. The van der Waals surface area contributed by atoms with Crippen LogP contribution in [-0.2, 0) is 4.79 Å². The molecule has 1 aromatic carbocycles. The molecule has 0 amide bonds. The number of ketones is 1. The van der Waals surface area contributed by atoms with Crippen molar-refractivity contribution >= 4 is 23.4 Å². The van der Waals surface area contributed by atoms with E-state index < -0.39 is 0 Å². The molecule has 0 bridgehead atoms. The summed E-state index contributed by atoms with van der Waals surface area (Å²) in [7, 11) is 0. The maximum atomic E-state index is 11.6. The van der Waals surface area contributed by atoms with Crippen molar-refractivity contribution in [1.82, 2.24) is 0 Å². The number of hydrogen-bond donors (Lipinski definition) is 1. The number of nitrogens with zero attached hydrogens (tertiary/aromatic N) is 1. The van der Waals surface area contributed by atoms with Crippen LogP contribution < -0.4 is 5.32 Å². The van der Waals surface area contributed by atoms with E-state index in [0.29, 0.717) is 5.57 Å². The molecule has 1 aliphatic heterocycles. The van der Waals surface area contributed by atoms with E-state index in [1.54, 1.807) is 13.1 Å². The molecule has 1 aromatic rings. The van der Waals surface area contributed by atoms with Crippen molar-refractivity contribution < 1.29 is 4.79 Å². The lowest BCUT2D eigenvalue weighted by atomic mass is 10.1. The van der Waals surface area contributed by atoms with E-state index in [0.717, 1.165) is 29.9 Å². The minimum absolute atomic E-state index is 0.0532. The number of allylic oxidation sites excluding steroid dienone is 2. The summed E-state index contributed by atoms with van der Waals surface area (Å²) in [5.74, 6) is 0.0532. The van der Waals surface area contributed by atoms with Gasteiger partial charge in [0.2, 0.25) is 0 Å². The lowest BCUT2D eigenvalue weighted by Crippen LogP contribution is -2.08. The molecule has 0 aliphatic carbocycles. The largest absolute Gasteiger partial charge is 0.356 e. The van der Waals surface area contributed by atoms with Crippen LogP contribution in [0.4, 0.5) is 11.4 Å². The zero-order valence-electron chi connectivity index (χ0n) is 12.2. The van der Waals surface area contributed by atoms with E-state index in [9.17, 15) is 4.79 Å². The number of aliphatic imine (C=N–C) groups is 1. The monoisotopic (exact) mass is 258 g/mol. The molecule has 0 unspecified atom stereocenters. The van der Waals surface area contributed by atoms with Crippen LogP contribution in [-0.4, -0.2) is 12.0 Å². The van der Waals surface area contributed by atoms with Crippen LogP contribution in [0.25, 0.3) is 0 Å². The topological polar surface area (TPSA) is 41.5 Å². The van der Waals surface area contributed by atoms with Gasteiger partial charge in [0.15, 0.2) is 5.78 Å². The molecule has 0 spiro atoms. The molecule has 19 heavy (non-hydrogen) atoms. The van der Waals surface area contributed by atoms with Crippen molar-refractivity contribution in [3.8, 4) is 0 Å². The van der Waals surface area contributed by atoms with E-state index >= 15 is 0 Å². The number of nitrogens with one attached hydrogen (secondary N) is 1. The highest BCUT2D eigenvalue weighted by atomic mass is 16.1. The van der Waals surface area contributed by atoms with Gasteiger partial charge in [-0.05, 0) is 25.5 Å². The summed E-state index contributed by atoms with van der Waals surface area (Å²) in [6.45, 7) is 7.68.